The van der Waals surface area contributed by atoms with Crippen molar-refractivity contribution in [1.82, 2.24) is 0 Å². The third-order valence-corrected chi connectivity index (χ3v) is 2.22. The molecule has 2 nitrogen and oxygen atoms in total. The van der Waals surface area contributed by atoms with Crippen molar-refractivity contribution in [3.8, 4) is 0 Å². The first-order chi connectivity index (χ1) is 6.63. The Balaban J connectivity index is 2.83. The number of halogens is 2. The number of aliphatic hydroxyl groups excluding tert-OH is 1. The summed E-state index contributed by atoms with van der Waals surface area (Å²) in [6.07, 6.45) is 1.20. The Labute approximate surface area is 90.4 Å². The van der Waals surface area contributed by atoms with E-state index in [2.05, 4.69) is 15.9 Å². The maximum atomic E-state index is 13.4. The lowest BCUT2D eigenvalue weighted by atomic mass is 10.1. The van der Waals surface area contributed by atoms with E-state index in [1.54, 1.807) is 24.3 Å². The van der Waals surface area contributed by atoms with Gasteiger partial charge in [-0.3, -0.25) is 0 Å². The quantitative estimate of drug-likeness (QED) is 0.874. The monoisotopic (exact) mass is 259 g/mol. The molecule has 0 heterocycles. The third-order valence-electron chi connectivity index (χ3n) is 1.69. The summed E-state index contributed by atoms with van der Waals surface area (Å²) in [6, 6.07) is 6.11. The van der Waals surface area contributed by atoms with Gasteiger partial charge in [0, 0.05) is 16.1 Å². The zero-order valence-electron chi connectivity index (χ0n) is 7.45. The lowest BCUT2D eigenvalue weighted by Gasteiger charge is -2.02. The summed E-state index contributed by atoms with van der Waals surface area (Å²) < 4.78 is 14.2. The van der Waals surface area contributed by atoms with Gasteiger partial charge in [0.15, 0.2) is 0 Å². The first-order valence-electron chi connectivity index (χ1n) is 4.13. The molecule has 0 aliphatic heterocycles. The molecule has 0 aliphatic carbocycles. The van der Waals surface area contributed by atoms with Gasteiger partial charge >= 0.3 is 0 Å². The number of hydrogen-bond donors (Lipinski definition) is 2. The highest BCUT2D eigenvalue weighted by molar-refractivity contribution is 9.10. The van der Waals surface area contributed by atoms with Crippen molar-refractivity contribution in [3.63, 3.8) is 0 Å². The molecule has 0 aliphatic rings. The summed E-state index contributed by atoms with van der Waals surface area (Å²) in [5.74, 6) is -0.418. The van der Waals surface area contributed by atoms with E-state index >= 15 is 0 Å². The molecule has 0 saturated carbocycles. The summed E-state index contributed by atoms with van der Waals surface area (Å²) in [5.41, 5.74) is 5.82. The normalized spacial score (nSPS) is 14.1. The van der Waals surface area contributed by atoms with E-state index in [4.69, 9.17) is 10.8 Å². The zero-order valence-corrected chi connectivity index (χ0v) is 9.04. The molecule has 3 N–H and O–H groups in total. The van der Waals surface area contributed by atoms with E-state index in [0.717, 1.165) is 4.47 Å². The van der Waals surface area contributed by atoms with E-state index in [-0.39, 0.29) is 6.61 Å². The minimum atomic E-state index is -0.654. The van der Waals surface area contributed by atoms with Gasteiger partial charge in [0.05, 0.1) is 6.61 Å². The Morgan fingerprint density at radius 3 is 2.57 bits per heavy atom. The van der Waals surface area contributed by atoms with Crippen LogP contribution >= 0.6 is 15.9 Å². The first-order valence-corrected chi connectivity index (χ1v) is 4.92. The van der Waals surface area contributed by atoms with Crippen LogP contribution in [0.5, 0.6) is 0 Å². The second kappa shape index (κ2) is 5.24. The second-order valence-electron chi connectivity index (χ2n) is 2.87. The van der Waals surface area contributed by atoms with Crippen molar-refractivity contribution < 1.29 is 9.50 Å². The van der Waals surface area contributed by atoms with Gasteiger partial charge in [0.1, 0.15) is 5.83 Å². The van der Waals surface area contributed by atoms with Crippen LogP contribution < -0.4 is 5.73 Å². The molecule has 0 fully saturated rings. The zero-order chi connectivity index (χ0) is 10.6. The number of rotatable bonds is 3. The van der Waals surface area contributed by atoms with Crippen LogP contribution in [-0.4, -0.2) is 17.8 Å². The fourth-order valence-corrected chi connectivity index (χ4v) is 1.21. The van der Waals surface area contributed by atoms with E-state index < -0.39 is 11.9 Å². The van der Waals surface area contributed by atoms with E-state index in [9.17, 15) is 4.39 Å². The highest BCUT2D eigenvalue weighted by atomic mass is 79.9. The first kappa shape index (κ1) is 11.4. The molecule has 0 radical (unpaired) electrons. The summed E-state index contributed by atoms with van der Waals surface area (Å²) in [5, 5.41) is 8.63. The van der Waals surface area contributed by atoms with Gasteiger partial charge in [-0.1, -0.05) is 28.1 Å². The van der Waals surface area contributed by atoms with Gasteiger partial charge in [-0.2, -0.15) is 0 Å². The van der Waals surface area contributed by atoms with Crippen LogP contribution in [0.1, 0.15) is 5.56 Å². The number of aliphatic hydroxyl groups is 1. The number of hydrogen-bond acceptors (Lipinski definition) is 2. The minimum absolute atomic E-state index is 0.260. The second-order valence-corrected chi connectivity index (χ2v) is 3.78. The molecular weight excluding hydrogens is 249 g/mol. The average Bonchev–Trinajstić information content (AvgIpc) is 2.18. The molecule has 1 aromatic rings. The predicted octanol–water partition coefficient (Wildman–Crippen LogP) is 2.08. The van der Waals surface area contributed by atoms with Gasteiger partial charge < -0.3 is 10.8 Å². The molecule has 0 bridgehead atoms. The SMILES string of the molecule is NC(/C=C(\F)c1ccc(Br)cc1)CO. The van der Waals surface area contributed by atoms with Crippen LogP contribution in [0.25, 0.3) is 5.83 Å². The molecule has 0 saturated heterocycles. The molecule has 1 rings (SSSR count). The van der Waals surface area contributed by atoms with E-state index in [0.29, 0.717) is 5.56 Å². The Hall–Kier alpha value is -0.710. The Bertz CT molecular complexity index is 323. The molecule has 0 aromatic heterocycles. The fourth-order valence-electron chi connectivity index (χ4n) is 0.946. The fraction of sp³-hybridized carbons (Fsp3) is 0.200. The van der Waals surface area contributed by atoms with Crippen LogP contribution in [0.3, 0.4) is 0 Å². The van der Waals surface area contributed by atoms with Crippen LogP contribution in [-0.2, 0) is 0 Å². The highest BCUT2D eigenvalue weighted by Gasteiger charge is 2.02. The summed E-state index contributed by atoms with van der Waals surface area (Å²) in [7, 11) is 0. The molecular formula is C10H11BrFNO. The standard InChI is InChI=1S/C10H11BrFNO/c11-8-3-1-7(2-4-8)10(12)5-9(13)6-14/h1-5,9,14H,6,13H2/b10-5-. The lowest BCUT2D eigenvalue weighted by molar-refractivity contribution is 0.283. The van der Waals surface area contributed by atoms with Gasteiger partial charge in [0.2, 0.25) is 0 Å². The summed E-state index contributed by atoms with van der Waals surface area (Å²) >= 11 is 3.25. The van der Waals surface area contributed by atoms with Crippen molar-refractivity contribution in [2.24, 2.45) is 5.73 Å². The Morgan fingerprint density at radius 2 is 2.07 bits per heavy atom. The summed E-state index contributed by atoms with van der Waals surface area (Å²) in [4.78, 5) is 0. The average molecular weight is 260 g/mol. The molecule has 4 heteroatoms. The minimum Gasteiger partial charge on any atom is -0.394 e. The Kier molecular flexibility index (Phi) is 4.25. The van der Waals surface area contributed by atoms with Crippen LogP contribution in [0.15, 0.2) is 34.8 Å². The molecule has 1 aromatic carbocycles. The topological polar surface area (TPSA) is 46.2 Å². The van der Waals surface area contributed by atoms with Crippen LogP contribution in [0, 0.1) is 0 Å². The third kappa shape index (κ3) is 3.21. The predicted molar refractivity (Wildman–Crippen MR) is 58.3 cm³/mol. The van der Waals surface area contributed by atoms with Crippen LogP contribution in [0.2, 0.25) is 0 Å². The molecule has 1 unspecified atom stereocenters. The van der Waals surface area contributed by atoms with Crippen molar-refractivity contribution >= 4 is 21.8 Å². The van der Waals surface area contributed by atoms with Gasteiger partial charge in [-0.05, 0) is 18.2 Å². The number of nitrogens with two attached hydrogens (primary N) is 1. The van der Waals surface area contributed by atoms with Crippen LogP contribution in [0.4, 0.5) is 4.39 Å². The Morgan fingerprint density at radius 1 is 1.50 bits per heavy atom. The number of benzene rings is 1. The van der Waals surface area contributed by atoms with Gasteiger partial charge in [-0.15, -0.1) is 0 Å². The molecule has 0 amide bonds. The van der Waals surface area contributed by atoms with E-state index in [1.807, 2.05) is 0 Å². The molecule has 14 heavy (non-hydrogen) atoms. The maximum Gasteiger partial charge on any atom is 0.128 e. The summed E-state index contributed by atoms with van der Waals surface area (Å²) in [6.45, 7) is -0.260. The van der Waals surface area contributed by atoms with Crippen molar-refractivity contribution in [2.45, 2.75) is 6.04 Å². The lowest BCUT2D eigenvalue weighted by Crippen LogP contribution is -2.21. The molecule has 1 atom stereocenters. The maximum absolute atomic E-state index is 13.4. The molecule has 76 valence electrons. The highest BCUT2D eigenvalue weighted by Crippen LogP contribution is 2.18. The van der Waals surface area contributed by atoms with E-state index in [1.165, 1.54) is 6.08 Å². The smallest absolute Gasteiger partial charge is 0.128 e. The van der Waals surface area contributed by atoms with Crippen molar-refractivity contribution in [2.75, 3.05) is 6.61 Å². The van der Waals surface area contributed by atoms with Gasteiger partial charge in [-0.25, -0.2) is 4.39 Å². The van der Waals surface area contributed by atoms with Crippen molar-refractivity contribution in [3.05, 3.63) is 40.4 Å². The van der Waals surface area contributed by atoms with Gasteiger partial charge in [0.25, 0.3) is 0 Å². The molecule has 0 spiro atoms. The van der Waals surface area contributed by atoms with Crippen molar-refractivity contribution in [1.29, 1.82) is 0 Å². The largest absolute Gasteiger partial charge is 0.394 e.